The van der Waals surface area contributed by atoms with Crippen LogP contribution in [0.3, 0.4) is 0 Å². The van der Waals surface area contributed by atoms with Crippen LogP contribution >= 0.6 is 11.6 Å². The number of halogens is 1. The number of anilines is 1. The highest BCUT2D eigenvalue weighted by Gasteiger charge is 2.07. The number of carboxylic acids is 1. The molecule has 0 aliphatic carbocycles. The van der Waals surface area contributed by atoms with Crippen molar-refractivity contribution in [2.45, 2.75) is 6.54 Å². The lowest BCUT2D eigenvalue weighted by atomic mass is 10.2. The van der Waals surface area contributed by atoms with Gasteiger partial charge in [-0.1, -0.05) is 11.6 Å². The van der Waals surface area contributed by atoms with Gasteiger partial charge in [-0.15, -0.1) is 0 Å². The zero-order valence-electron chi connectivity index (χ0n) is 10.6. The molecule has 2 N–H and O–H groups in total. The molecule has 0 aromatic carbocycles. The molecule has 2 heterocycles. The highest BCUT2D eigenvalue weighted by atomic mass is 35.5. The van der Waals surface area contributed by atoms with Gasteiger partial charge in [-0.3, -0.25) is 0 Å². The number of carboxylic acid groups (broad SMARTS) is 1. The number of hydrogen-bond acceptors (Lipinski definition) is 5. The Balaban J connectivity index is 2.12. The standard InChI is InChI=1S/C13H12ClN3O3/c1-20-12-4-8(2-3-15-12)7-16-11-6-9(13(18)19)5-10(14)17-11/h2-6H,7H2,1H3,(H,16,17)(H,18,19). The number of hydrogen-bond donors (Lipinski definition) is 2. The molecule has 0 atom stereocenters. The molecule has 0 unspecified atom stereocenters. The molecule has 0 aliphatic heterocycles. The highest BCUT2D eigenvalue weighted by Crippen LogP contribution is 2.16. The minimum atomic E-state index is -1.05. The van der Waals surface area contributed by atoms with Crippen molar-refractivity contribution >= 4 is 23.4 Å². The van der Waals surface area contributed by atoms with E-state index in [4.69, 9.17) is 21.4 Å². The van der Waals surface area contributed by atoms with Crippen LogP contribution in [-0.2, 0) is 6.54 Å². The quantitative estimate of drug-likeness (QED) is 0.824. The predicted octanol–water partition coefficient (Wildman–Crippen LogP) is 2.45. The molecule has 0 saturated heterocycles. The molecular weight excluding hydrogens is 282 g/mol. The van der Waals surface area contributed by atoms with E-state index in [2.05, 4.69) is 15.3 Å². The number of methoxy groups -OCH3 is 1. The van der Waals surface area contributed by atoms with Gasteiger partial charge in [0.05, 0.1) is 12.7 Å². The third-order valence-corrected chi connectivity index (χ3v) is 2.72. The SMILES string of the molecule is COc1cc(CNc2cc(C(=O)O)cc(Cl)n2)ccn1. The van der Waals surface area contributed by atoms with Crippen LogP contribution in [0.25, 0.3) is 0 Å². The van der Waals surface area contributed by atoms with Gasteiger partial charge < -0.3 is 15.2 Å². The maximum Gasteiger partial charge on any atom is 0.335 e. The second kappa shape index (κ2) is 6.21. The van der Waals surface area contributed by atoms with Crippen molar-refractivity contribution in [1.29, 1.82) is 0 Å². The molecule has 0 saturated carbocycles. The molecule has 6 nitrogen and oxygen atoms in total. The van der Waals surface area contributed by atoms with E-state index in [1.807, 2.05) is 6.07 Å². The van der Waals surface area contributed by atoms with E-state index in [0.717, 1.165) is 5.56 Å². The number of rotatable bonds is 5. The van der Waals surface area contributed by atoms with E-state index in [0.29, 0.717) is 18.2 Å². The molecule has 7 heteroatoms. The number of aromatic nitrogens is 2. The van der Waals surface area contributed by atoms with Crippen molar-refractivity contribution in [3.8, 4) is 5.88 Å². The zero-order valence-corrected chi connectivity index (χ0v) is 11.4. The van der Waals surface area contributed by atoms with Crippen molar-refractivity contribution in [3.63, 3.8) is 0 Å². The Labute approximate surface area is 120 Å². The Kier molecular flexibility index (Phi) is 4.37. The van der Waals surface area contributed by atoms with Gasteiger partial charge in [0, 0.05) is 18.8 Å². The fourth-order valence-electron chi connectivity index (χ4n) is 1.58. The van der Waals surface area contributed by atoms with E-state index >= 15 is 0 Å². The summed E-state index contributed by atoms with van der Waals surface area (Å²) in [6.07, 6.45) is 1.63. The Bertz CT molecular complexity index is 634. The van der Waals surface area contributed by atoms with E-state index in [1.165, 1.54) is 19.2 Å². The fraction of sp³-hybridized carbons (Fsp3) is 0.154. The first-order valence-corrected chi connectivity index (χ1v) is 6.10. The average Bonchev–Trinajstić information content (AvgIpc) is 2.44. The van der Waals surface area contributed by atoms with E-state index < -0.39 is 5.97 Å². The fourth-order valence-corrected chi connectivity index (χ4v) is 1.78. The summed E-state index contributed by atoms with van der Waals surface area (Å²) in [5.74, 6) is -0.150. The molecular formula is C13H12ClN3O3. The van der Waals surface area contributed by atoms with Crippen LogP contribution in [0.1, 0.15) is 15.9 Å². The summed E-state index contributed by atoms with van der Waals surface area (Å²) in [6, 6.07) is 6.31. The first-order chi connectivity index (χ1) is 9.58. The van der Waals surface area contributed by atoms with Gasteiger partial charge >= 0.3 is 5.97 Å². The highest BCUT2D eigenvalue weighted by molar-refractivity contribution is 6.29. The lowest BCUT2D eigenvalue weighted by Gasteiger charge is -2.08. The van der Waals surface area contributed by atoms with Crippen molar-refractivity contribution in [3.05, 3.63) is 46.7 Å². The number of carbonyl (C=O) groups is 1. The van der Waals surface area contributed by atoms with Gasteiger partial charge in [-0.05, 0) is 23.8 Å². The van der Waals surface area contributed by atoms with Gasteiger partial charge in [-0.25, -0.2) is 14.8 Å². The molecule has 0 aliphatic rings. The summed E-state index contributed by atoms with van der Waals surface area (Å²) in [4.78, 5) is 18.9. The van der Waals surface area contributed by atoms with E-state index in [-0.39, 0.29) is 10.7 Å². The van der Waals surface area contributed by atoms with Gasteiger partial charge in [0.2, 0.25) is 5.88 Å². The number of nitrogens with one attached hydrogen (secondary N) is 1. The van der Waals surface area contributed by atoms with Gasteiger partial charge in [0.15, 0.2) is 0 Å². The third-order valence-electron chi connectivity index (χ3n) is 2.52. The molecule has 0 radical (unpaired) electrons. The number of pyridine rings is 2. The van der Waals surface area contributed by atoms with Crippen molar-refractivity contribution in [2.75, 3.05) is 12.4 Å². The Morgan fingerprint density at radius 1 is 1.45 bits per heavy atom. The maximum atomic E-state index is 10.9. The predicted molar refractivity (Wildman–Crippen MR) is 74.3 cm³/mol. The largest absolute Gasteiger partial charge is 0.481 e. The zero-order chi connectivity index (χ0) is 14.5. The van der Waals surface area contributed by atoms with Gasteiger partial charge in [-0.2, -0.15) is 0 Å². The van der Waals surface area contributed by atoms with E-state index in [1.54, 1.807) is 12.3 Å². The summed E-state index contributed by atoms with van der Waals surface area (Å²) < 4.78 is 5.02. The van der Waals surface area contributed by atoms with Crippen LogP contribution in [0.2, 0.25) is 5.15 Å². The lowest BCUT2D eigenvalue weighted by Crippen LogP contribution is -2.05. The molecule has 0 spiro atoms. The van der Waals surface area contributed by atoms with Crippen LogP contribution < -0.4 is 10.1 Å². The topological polar surface area (TPSA) is 84.3 Å². The average molecular weight is 294 g/mol. The normalized spacial score (nSPS) is 10.1. The maximum absolute atomic E-state index is 10.9. The molecule has 0 fully saturated rings. The third kappa shape index (κ3) is 3.58. The van der Waals surface area contributed by atoms with Crippen molar-refractivity contribution < 1.29 is 14.6 Å². The Hall–Kier alpha value is -2.34. The first kappa shape index (κ1) is 14.1. The van der Waals surface area contributed by atoms with Crippen molar-refractivity contribution in [2.24, 2.45) is 0 Å². The Morgan fingerprint density at radius 3 is 2.95 bits per heavy atom. The number of nitrogens with zero attached hydrogens (tertiary/aromatic N) is 2. The van der Waals surface area contributed by atoms with Crippen LogP contribution in [0, 0.1) is 0 Å². The smallest absolute Gasteiger partial charge is 0.335 e. The van der Waals surface area contributed by atoms with Crippen LogP contribution in [0.15, 0.2) is 30.5 Å². The second-order valence-electron chi connectivity index (χ2n) is 3.93. The van der Waals surface area contributed by atoms with Crippen LogP contribution in [0.5, 0.6) is 5.88 Å². The first-order valence-electron chi connectivity index (χ1n) is 5.72. The summed E-state index contributed by atoms with van der Waals surface area (Å²) in [5.41, 5.74) is 1.01. The summed E-state index contributed by atoms with van der Waals surface area (Å²) >= 11 is 5.78. The molecule has 104 valence electrons. The molecule has 0 amide bonds. The van der Waals surface area contributed by atoms with Crippen LogP contribution in [-0.4, -0.2) is 28.2 Å². The number of ether oxygens (including phenoxy) is 1. The Morgan fingerprint density at radius 2 is 2.25 bits per heavy atom. The number of aromatic carboxylic acids is 1. The van der Waals surface area contributed by atoms with Gasteiger partial charge in [0.25, 0.3) is 0 Å². The lowest BCUT2D eigenvalue weighted by molar-refractivity contribution is 0.0697. The summed E-state index contributed by atoms with van der Waals surface area (Å²) in [5, 5.41) is 12.1. The molecule has 2 aromatic heterocycles. The van der Waals surface area contributed by atoms with Crippen LogP contribution in [0.4, 0.5) is 5.82 Å². The van der Waals surface area contributed by atoms with Crippen molar-refractivity contribution in [1.82, 2.24) is 9.97 Å². The molecule has 2 aromatic rings. The summed E-state index contributed by atoms with van der Waals surface area (Å²) in [7, 11) is 1.54. The molecule has 2 rings (SSSR count). The minimum absolute atomic E-state index is 0.0832. The summed E-state index contributed by atoms with van der Waals surface area (Å²) in [6.45, 7) is 0.450. The second-order valence-corrected chi connectivity index (χ2v) is 4.32. The minimum Gasteiger partial charge on any atom is -0.481 e. The van der Waals surface area contributed by atoms with Gasteiger partial charge in [0.1, 0.15) is 11.0 Å². The van der Waals surface area contributed by atoms with E-state index in [9.17, 15) is 4.79 Å². The molecule has 0 bridgehead atoms. The molecule has 20 heavy (non-hydrogen) atoms. The monoisotopic (exact) mass is 293 g/mol.